The molecule has 2 rings (SSSR count). The summed E-state index contributed by atoms with van der Waals surface area (Å²) in [5.74, 6) is 0.674. The summed E-state index contributed by atoms with van der Waals surface area (Å²) in [6.07, 6.45) is 1.22. The first-order valence-corrected chi connectivity index (χ1v) is 5.83. The molecule has 2 N–H and O–H groups in total. The average Bonchev–Trinajstić information content (AvgIpc) is 2.69. The average molecular weight is 225 g/mol. The first-order valence-electron chi connectivity index (χ1n) is 5.45. The zero-order valence-electron chi connectivity index (χ0n) is 8.82. The Kier molecular flexibility index (Phi) is 3.62. The Morgan fingerprint density at radius 2 is 2.20 bits per heavy atom. The Morgan fingerprint density at radius 1 is 1.40 bits per heavy atom. The molecule has 1 atom stereocenters. The molecule has 0 radical (unpaired) electrons. The predicted molar refractivity (Wildman–Crippen MR) is 63.9 cm³/mol. The van der Waals surface area contributed by atoms with Gasteiger partial charge in [0.2, 0.25) is 0 Å². The van der Waals surface area contributed by atoms with Gasteiger partial charge in [0.15, 0.2) is 0 Å². The van der Waals surface area contributed by atoms with E-state index in [-0.39, 0.29) is 0 Å². The first-order chi connectivity index (χ1) is 7.29. The Bertz CT molecular complexity index is 327. The van der Waals surface area contributed by atoms with Gasteiger partial charge in [0, 0.05) is 18.1 Å². The van der Waals surface area contributed by atoms with E-state index in [4.69, 9.17) is 17.3 Å². The van der Waals surface area contributed by atoms with Crippen molar-refractivity contribution < 1.29 is 0 Å². The third-order valence-corrected chi connectivity index (χ3v) is 3.42. The van der Waals surface area contributed by atoms with E-state index in [9.17, 15) is 0 Å². The van der Waals surface area contributed by atoms with Gasteiger partial charge in [-0.2, -0.15) is 0 Å². The summed E-state index contributed by atoms with van der Waals surface area (Å²) in [6, 6.07) is 8.06. The fraction of sp³-hybridized carbons (Fsp3) is 0.500. The van der Waals surface area contributed by atoms with Crippen LogP contribution in [-0.4, -0.2) is 24.5 Å². The summed E-state index contributed by atoms with van der Waals surface area (Å²) in [7, 11) is 0. The van der Waals surface area contributed by atoms with E-state index >= 15 is 0 Å². The highest BCUT2D eigenvalue weighted by Gasteiger charge is 2.21. The van der Waals surface area contributed by atoms with Crippen LogP contribution in [0.25, 0.3) is 0 Å². The van der Waals surface area contributed by atoms with Crippen LogP contribution in [0.1, 0.15) is 12.0 Å². The fourth-order valence-corrected chi connectivity index (χ4v) is 2.31. The van der Waals surface area contributed by atoms with Gasteiger partial charge in [-0.3, -0.25) is 4.90 Å². The maximum atomic E-state index is 6.12. The largest absolute Gasteiger partial charge is 0.330 e. The minimum atomic E-state index is 0.674. The lowest BCUT2D eigenvalue weighted by Crippen LogP contribution is -2.22. The van der Waals surface area contributed by atoms with Crippen LogP contribution in [0.3, 0.4) is 0 Å². The second-order valence-electron chi connectivity index (χ2n) is 4.22. The molecule has 1 fully saturated rings. The fourth-order valence-electron chi connectivity index (χ4n) is 2.12. The van der Waals surface area contributed by atoms with Gasteiger partial charge in [0.05, 0.1) is 0 Å². The van der Waals surface area contributed by atoms with Gasteiger partial charge in [-0.05, 0) is 37.1 Å². The van der Waals surface area contributed by atoms with Gasteiger partial charge in [-0.25, -0.2) is 0 Å². The minimum Gasteiger partial charge on any atom is -0.330 e. The van der Waals surface area contributed by atoms with Crippen LogP contribution in [0.4, 0.5) is 0 Å². The van der Waals surface area contributed by atoms with Gasteiger partial charge >= 0.3 is 0 Å². The minimum absolute atomic E-state index is 0.674. The number of rotatable bonds is 3. The molecule has 1 aliphatic rings. The Hall–Kier alpha value is -0.570. The molecule has 1 aromatic rings. The number of nitrogens with zero attached hydrogens (tertiary/aromatic N) is 1. The molecule has 3 heteroatoms. The topological polar surface area (TPSA) is 29.3 Å². The summed E-state index contributed by atoms with van der Waals surface area (Å²) in [4.78, 5) is 2.43. The molecule has 0 aromatic heterocycles. The Labute approximate surface area is 96.0 Å². The number of hydrogen-bond donors (Lipinski definition) is 1. The summed E-state index contributed by atoms with van der Waals surface area (Å²) in [5.41, 5.74) is 6.89. The van der Waals surface area contributed by atoms with Crippen LogP contribution in [0.5, 0.6) is 0 Å². The molecule has 82 valence electrons. The van der Waals surface area contributed by atoms with Crippen molar-refractivity contribution in [2.75, 3.05) is 19.6 Å². The lowest BCUT2D eigenvalue weighted by atomic mass is 10.1. The second-order valence-corrected chi connectivity index (χ2v) is 4.62. The molecule has 0 aliphatic carbocycles. The van der Waals surface area contributed by atoms with E-state index in [1.165, 1.54) is 12.0 Å². The number of halogens is 1. The first kappa shape index (κ1) is 10.9. The van der Waals surface area contributed by atoms with Crippen LogP contribution in [0.2, 0.25) is 5.02 Å². The van der Waals surface area contributed by atoms with Crippen molar-refractivity contribution in [3.05, 3.63) is 34.9 Å². The second kappa shape index (κ2) is 4.97. The smallest absolute Gasteiger partial charge is 0.0451 e. The number of hydrogen-bond acceptors (Lipinski definition) is 2. The molecular formula is C12H17ClN2. The summed E-state index contributed by atoms with van der Waals surface area (Å²) < 4.78 is 0. The molecule has 1 heterocycles. The van der Waals surface area contributed by atoms with Crippen molar-refractivity contribution in [1.82, 2.24) is 4.90 Å². The Balaban J connectivity index is 1.96. The van der Waals surface area contributed by atoms with E-state index < -0.39 is 0 Å². The SMILES string of the molecule is NCC1CCN(Cc2ccccc2Cl)C1. The van der Waals surface area contributed by atoms with E-state index in [0.29, 0.717) is 5.92 Å². The normalized spacial score (nSPS) is 22.1. The molecular weight excluding hydrogens is 208 g/mol. The van der Waals surface area contributed by atoms with Crippen LogP contribution in [0, 0.1) is 5.92 Å². The van der Waals surface area contributed by atoms with Gasteiger partial charge < -0.3 is 5.73 Å². The van der Waals surface area contributed by atoms with E-state index in [0.717, 1.165) is 31.2 Å². The van der Waals surface area contributed by atoms with Crippen molar-refractivity contribution in [1.29, 1.82) is 0 Å². The molecule has 2 nitrogen and oxygen atoms in total. The van der Waals surface area contributed by atoms with Crippen molar-refractivity contribution >= 4 is 11.6 Å². The highest BCUT2D eigenvalue weighted by atomic mass is 35.5. The van der Waals surface area contributed by atoms with Crippen LogP contribution in [-0.2, 0) is 6.54 Å². The van der Waals surface area contributed by atoms with Gasteiger partial charge in [-0.1, -0.05) is 29.8 Å². The van der Waals surface area contributed by atoms with Crippen molar-refractivity contribution in [3.8, 4) is 0 Å². The molecule has 1 aliphatic heterocycles. The van der Waals surface area contributed by atoms with Gasteiger partial charge in [0.25, 0.3) is 0 Å². The van der Waals surface area contributed by atoms with E-state index in [2.05, 4.69) is 11.0 Å². The zero-order valence-corrected chi connectivity index (χ0v) is 9.58. The van der Waals surface area contributed by atoms with Crippen LogP contribution < -0.4 is 5.73 Å². The van der Waals surface area contributed by atoms with Crippen molar-refractivity contribution in [2.24, 2.45) is 11.7 Å². The molecule has 15 heavy (non-hydrogen) atoms. The molecule has 1 aromatic carbocycles. The lowest BCUT2D eigenvalue weighted by Gasteiger charge is -2.16. The van der Waals surface area contributed by atoms with Crippen molar-refractivity contribution in [2.45, 2.75) is 13.0 Å². The Morgan fingerprint density at radius 3 is 2.87 bits per heavy atom. The number of likely N-dealkylation sites (tertiary alicyclic amines) is 1. The molecule has 0 saturated carbocycles. The summed E-state index contributed by atoms with van der Waals surface area (Å²) in [5, 5.41) is 0.869. The third-order valence-electron chi connectivity index (χ3n) is 3.06. The summed E-state index contributed by atoms with van der Waals surface area (Å²) >= 11 is 6.12. The van der Waals surface area contributed by atoms with Crippen molar-refractivity contribution in [3.63, 3.8) is 0 Å². The van der Waals surface area contributed by atoms with Gasteiger partial charge in [0.1, 0.15) is 0 Å². The maximum absolute atomic E-state index is 6.12. The van der Waals surface area contributed by atoms with Gasteiger partial charge in [-0.15, -0.1) is 0 Å². The molecule has 0 bridgehead atoms. The highest BCUT2D eigenvalue weighted by molar-refractivity contribution is 6.31. The predicted octanol–water partition coefficient (Wildman–Crippen LogP) is 2.12. The van der Waals surface area contributed by atoms with E-state index in [1.54, 1.807) is 0 Å². The lowest BCUT2D eigenvalue weighted by molar-refractivity contribution is 0.318. The highest BCUT2D eigenvalue weighted by Crippen LogP contribution is 2.21. The molecule has 1 unspecified atom stereocenters. The number of benzene rings is 1. The quantitative estimate of drug-likeness (QED) is 0.853. The summed E-state index contributed by atoms with van der Waals surface area (Å²) in [6.45, 7) is 4.02. The standard InChI is InChI=1S/C12H17ClN2/c13-12-4-2-1-3-11(12)9-15-6-5-10(7-14)8-15/h1-4,10H,5-9,14H2. The molecule has 0 spiro atoms. The van der Waals surface area contributed by atoms with E-state index in [1.807, 2.05) is 18.2 Å². The molecule has 0 amide bonds. The maximum Gasteiger partial charge on any atom is 0.0451 e. The zero-order chi connectivity index (χ0) is 10.7. The molecule has 1 saturated heterocycles. The number of nitrogens with two attached hydrogens (primary N) is 1. The van der Waals surface area contributed by atoms with Crippen LogP contribution in [0.15, 0.2) is 24.3 Å². The van der Waals surface area contributed by atoms with Crippen LogP contribution >= 0.6 is 11.6 Å². The monoisotopic (exact) mass is 224 g/mol. The third kappa shape index (κ3) is 2.71.